The van der Waals surface area contributed by atoms with Gasteiger partial charge in [0.05, 0.1) is 0 Å². The number of carbonyl (C=O) groups is 1. The molecule has 15 heavy (non-hydrogen) atoms. The fourth-order valence-corrected chi connectivity index (χ4v) is 0.799. The summed E-state index contributed by atoms with van der Waals surface area (Å²) < 4.78 is 19.4. The van der Waals surface area contributed by atoms with Crippen molar-refractivity contribution in [3.8, 4) is 0 Å². The Bertz CT molecular complexity index is 297. The second kappa shape index (κ2) is 4.25. The van der Waals surface area contributed by atoms with Crippen molar-refractivity contribution in [2.45, 2.75) is 26.4 Å². The summed E-state index contributed by atoms with van der Waals surface area (Å²) in [4.78, 5) is 11.1. The average Bonchev–Trinajstić information content (AvgIpc) is 2.45. The van der Waals surface area contributed by atoms with Gasteiger partial charge in [-0.1, -0.05) is 0 Å². The van der Waals surface area contributed by atoms with Gasteiger partial charge in [-0.2, -0.15) is 0 Å². The third-order valence-electron chi connectivity index (χ3n) is 1.29. The largest absolute Gasteiger partial charge is 0.509 e. The molecule has 0 aromatic heterocycles. The first-order valence-corrected chi connectivity index (χ1v) is 4.45. The second-order valence-electron chi connectivity index (χ2n) is 3.93. The third kappa shape index (κ3) is 4.39. The molecule has 0 amide bonds. The summed E-state index contributed by atoms with van der Waals surface area (Å²) in [6.07, 6.45) is 0.580. The lowest BCUT2D eigenvalue weighted by atomic mass is 10.2. The summed E-state index contributed by atoms with van der Waals surface area (Å²) >= 11 is 0. The number of carbonyl (C=O) groups excluding carboxylic acids is 1. The first-order chi connectivity index (χ1) is 6.87. The van der Waals surface area contributed by atoms with E-state index in [2.05, 4.69) is 6.58 Å². The van der Waals surface area contributed by atoms with Crippen molar-refractivity contribution in [3.05, 3.63) is 24.5 Å². The number of hydrogen-bond acceptors (Lipinski definition) is 5. The van der Waals surface area contributed by atoms with Crippen molar-refractivity contribution in [3.63, 3.8) is 0 Å². The van der Waals surface area contributed by atoms with Crippen LogP contribution in [0.4, 0.5) is 4.79 Å². The van der Waals surface area contributed by atoms with E-state index in [1.807, 2.05) is 0 Å². The Balaban J connectivity index is 2.26. The predicted octanol–water partition coefficient (Wildman–Crippen LogP) is 2.30. The molecule has 0 aromatic carbocycles. The van der Waals surface area contributed by atoms with Crippen LogP contribution in [-0.2, 0) is 18.9 Å². The van der Waals surface area contributed by atoms with E-state index >= 15 is 0 Å². The van der Waals surface area contributed by atoms with E-state index in [0.29, 0.717) is 5.76 Å². The van der Waals surface area contributed by atoms with Gasteiger partial charge < -0.3 is 18.9 Å². The Labute approximate surface area is 88.3 Å². The molecule has 0 unspecified atom stereocenters. The van der Waals surface area contributed by atoms with Crippen molar-refractivity contribution >= 4 is 6.16 Å². The zero-order valence-corrected chi connectivity index (χ0v) is 9.03. The molecule has 84 valence electrons. The van der Waals surface area contributed by atoms with Crippen LogP contribution in [0.5, 0.6) is 0 Å². The highest BCUT2D eigenvalue weighted by molar-refractivity contribution is 5.60. The molecule has 1 rings (SSSR count). The predicted molar refractivity (Wildman–Crippen MR) is 51.6 cm³/mol. The molecule has 0 aliphatic carbocycles. The number of ether oxygens (including phenoxy) is 4. The van der Waals surface area contributed by atoms with E-state index in [0.717, 1.165) is 0 Å². The molecule has 5 heteroatoms. The molecule has 0 fully saturated rings. The minimum atomic E-state index is -0.746. The van der Waals surface area contributed by atoms with Crippen LogP contribution >= 0.6 is 0 Å². The summed E-state index contributed by atoms with van der Waals surface area (Å²) in [6, 6.07) is 0. The molecule has 0 N–H and O–H groups in total. The molecule has 0 saturated carbocycles. The molecule has 0 bridgehead atoms. The van der Waals surface area contributed by atoms with E-state index in [9.17, 15) is 4.79 Å². The van der Waals surface area contributed by atoms with Crippen molar-refractivity contribution in [1.29, 1.82) is 0 Å². The normalized spacial score (nSPS) is 15.1. The van der Waals surface area contributed by atoms with Gasteiger partial charge in [-0.05, 0) is 27.4 Å². The fraction of sp³-hybridized carbons (Fsp3) is 0.500. The molecule has 0 aromatic rings. The summed E-state index contributed by atoms with van der Waals surface area (Å²) in [5.74, 6) is 0.545. The Hall–Kier alpha value is -1.65. The van der Waals surface area contributed by atoms with Gasteiger partial charge in [0.25, 0.3) is 5.95 Å². The summed E-state index contributed by atoms with van der Waals surface area (Å²) in [5.41, 5.74) is -0.567. The lowest BCUT2D eigenvalue weighted by Crippen LogP contribution is -2.24. The lowest BCUT2D eigenvalue weighted by Gasteiger charge is -2.18. The van der Waals surface area contributed by atoms with Crippen molar-refractivity contribution in [2.24, 2.45) is 0 Å². The molecule has 5 nitrogen and oxygen atoms in total. The fourth-order valence-electron chi connectivity index (χ4n) is 0.799. The Morgan fingerprint density at radius 1 is 1.53 bits per heavy atom. The minimum absolute atomic E-state index is 0.0338. The van der Waals surface area contributed by atoms with Crippen LogP contribution < -0.4 is 0 Å². The van der Waals surface area contributed by atoms with Gasteiger partial charge in [-0.15, -0.1) is 0 Å². The van der Waals surface area contributed by atoms with Crippen LogP contribution in [-0.4, -0.2) is 18.4 Å². The molecular weight excluding hydrogens is 200 g/mol. The average molecular weight is 214 g/mol. The summed E-state index contributed by atoms with van der Waals surface area (Å²) in [5, 5.41) is 0. The summed E-state index contributed by atoms with van der Waals surface area (Å²) in [6.45, 7) is 8.65. The minimum Gasteiger partial charge on any atom is -0.431 e. The van der Waals surface area contributed by atoms with Gasteiger partial charge >= 0.3 is 6.16 Å². The van der Waals surface area contributed by atoms with Crippen LogP contribution in [0.1, 0.15) is 20.8 Å². The molecule has 0 atom stereocenters. The first kappa shape index (κ1) is 11.4. The van der Waals surface area contributed by atoms with E-state index in [-0.39, 0.29) is 12.6 Å². The van der Waals surface area contributed by atoms with Crippen LogP contribution in [0.15, 0.2) is 24.5 Å². The zero-order chi connectivity index (χ0) is 11.5. The molecular formula is C10H14O5. The lowest BCUT2D eigenvalue weighted by molar-refractivity contribution is -0.00763. The van der Waals surface area contributed by atoms with E-state index in [1.165, 1.54) is 6.26 Å². The standard InChI is InChI=1S/C10H14O5/c1-7-12-5-8(14-7)6-13-9(11)15-10(2,3)4/h5H,1,6H2,2-4H3. The van der Waals surface area contributed by atoms with Gasteiger partial charge in [0, 0.05) is 0 Å². The van der Waals surface area contributed by atoms with E-state index in [1.54, 1.807) is 20.8 Å². The highest BCUT2D eigenvalue weighted by Crippen LogP contribution is 2.16. The number of rotatable bonds is 2. The molecule has 1 aliphatic rings. The van der Waals surface area contributed by atoms with Crippen molar-refractivity contribution in [1.82, 2.24) is 0 Å². The Morgan fingerprint density at radius 2 is 2.20 bits per heavy atom. The maximum Gasteiger partial charge on any atom is 0.509 e. The highest BCUT2D eigenvalue weighted by Gasteiger charge is 2.19. The number of hydrogen-bond donors (Lipinski definition) is 0. The van der Waals surface area contributed by atoms with Crippen LogP contribution in [0.25, 0.3) is 0 Å². The zero-order valence-electron chi connectivity index (χ0n) is 9.03. The van der Waals surface area contributed by atoms with Gasteiger partial charge in [0.2, 0.25) is 0 Å². The van der Waals surface area contributed by atoms with Crippen LogP contribution in [0, 0.1) is 0 Å². The molecule has 0 saturated heterocycles. The van der Waals surface area contributed by atoms with E-state index < -0.39 is 11.8 Å². The smallest absolute Gasteiger partial charge is 0.431 e. The Kier molecular flexibility index (Phi) is 3.24. The quantitative estimate of drug-likeness (QED) is 0.660. The molecule has 0 radical (unpaired) electrons. The maximum atomic E-state index is 11.1. The van der Waals surface area contributed by atoms with Crippen LogP contribution in [0.2, 0.25) is 0 Å². The van der Waals surface area contributed by atoms with Crippen molar-refractivity contribution in [2.75, 3.05) is 6.61 Å². The molecule has 0 spiro atoms. The van der Waals surface area contributed by atoms with Crippen LogP contribution in [0.3, 0.4) is 0 Å². The third-order valence-corrected chi connectivity index (χ3v) is 1.29. The SMILES string of the molecule is C=C1OC=C(COC(=O)OC(C)(C)C)O1. The monoisotopic (exact) mass is 214 g/mol. The summed E-state index contributed by atoms with van der Waals surface area (Å²) in [7, 11) is 0. The van der Waals surface area contributed by atoms with Gasteiger partial charge in [0.1, 0.15) is 11.9 Å². The topological polar surface area (TPSA) is 54.0 Å². The van der Waals surface area contributed by atoms with Gasteiger partial charge in [-0.3, -0.25) is 0 Å². The molecule has 1 heterocycles. The second-order valence-corrected chi connectivity index (χ2v) is 3.93. The first-order valence-electron chi connectivity index (χ1n) is 4.45. The molecule has 1 aliphatic heterocycles. The maximum absolute atomic E-state index is 11.1. The van der Waals surface area contributed by atoms with Gasteiger partial charge in [-0.25, -0.2) is 4.79 Å². The van der Waals surface area contributed by atoms with E-state index in [4.69, 9.17) is 18.9 Å². The van der Waals surface area contributed by atoms with Gasteiger partial charge in [0.15, 0.2) is 12.4 Å². The van der Waals surface area contributed by atoms with Crippen molar-refractivity contribution < 1.29 is 23.7 Å². The Morgan fingerprint density at radius 3 is 2.67 bits per heavy atom. The highest BCUT2D eigenvalue weighted by atomic mass is 16.7.